The van der Waals surface area contributed by atoms with Crippen LogP contribution in [0.25, 0.3) is 0 Å². The number of hydrogen-bond donors (Lipinski definition) is 2. The number of aromatic nitrogens is 4. The van der Waals surface area contributed by atoms with E-state index in [1.165, 1.54) is 12.4 Å². The van der Waals surface area contributed by atoms with Crippen molar-refractivity contribution in [2.75, 3.05) is 11.8 Å². The monoisotopic (exact) mass is 310 g/mol. The second kappa shape index (κ2) is 6.64. The van der Waals surface area contributed by atoms with Gasteiger partial charge in [0.25, 0.3) is 16.0 Å². The molecule has 8 nitrogen and oxygen atoms in total. The Bertz CT molecular complexity index is 660. The number of rotatable bonds is 7. The summed E-state index contributed by atoms with van der Waals surface area (Å²) >= 11 is 0. The van der Waals surface area contributed by atoms with Gasteiger partial charge in [0.15, 0.2) is 0 Å². The third kappa shape index (κ3) is 3.76. The Labute approximate surface area is 123 Å². The van der Waals surface area contributed by atoms with Crippen molar-refractivity contribution >= 4 is 16.0 Å². The lowest BCUT2D eigenvalue weighted by molar-refractivity contribution is 0.599. The second-order valence-corrected chi connectivity index (χ2v) is 6.15. The van der Waals surface area contributed by atoms with Crippen LogP contribution in [-0.2, 0) is 23.1 Å². The van der Waals surface area contributed by atoms with Crippen LogP contribution < -0.4 is 10.0 Å². The maximum absolute atomic E-state index is 12.3. The van der Waals surface area contributed by atoms with Crippen molar-refractivity contribution in [1.82, 2.24) is 25.1 Å². The third-order valence-corrected chi connectivity index (χ3v) is 4.10. The molecule has 114 valence electrons. The Morgan fingerprint density at radius 1 is 1.33 bits per heavy atom. The first-order valence-electron chi connectivity index (χ1n) is 6.57. The number of nitrogens with one attached hydrogen (secondary N) is 2. The van der Waals surface area contributed by atoms with Crippen LogP contribution in [0.4, 0.5) is 5.95 Å². The summed E-state index contributed by atoms with van der Waals surface area (Å²) in [5, 5.41) is 10.2. The van der Waals surface area contributed by atoms with Crippen molar-refractivity contribution in [2.24, 2.45) is 0 Å². The zero-order valence-corrected chi connectivity index (χ0v) is 12.8. The van der Waals surface area contributed by atoms with E-state index in [-0.39, 0.29) is 10.8 Å². The van der Waals surface area contributed by atoms with Crippen LogP contribution in [0, 0.1) is 0 Å². The van der Waals surface area contributed by atoms with E-state index >= 15 is 0 Å². The van der Waals surface area contributed by atoms with Crippen molar-refractivity contribution in [3.63, 3.8) is 0 Å². The highest BCUT2D eigenvalue weighted by Gasteiger charge is 2.19. The SMILES string of the molecule is CCCn1cc(S(=O)(=O)Nc2nccnn2)cc1CNC. The van der Waals surface area contributed by atoms with Gasteiger partial charge in [-0.3, -0.25) is 0 Å². The molecule has 0 saturated heterocycles. The summed E-state index contributed by atoms with van der Waals surface area (Å²) in [6.45, 7) is 3.40. The van der Waals surface area contributed by atoms with Gasteiger partial charge < -0.3 is 9.88 Å². The summed E-state index contributed by atoms with van der Waals surface area (Å²) in [7, 11) is -1.90. The predicted molar refractivity (Wildman–Crippen MR) is 78.1 cm³/mol. The number of anilines is 1. The normalized spacial score (nSPS) is 11.5. The topological polar surface area (TPSA) is 102 Å². The van der Waals surface area contributed by atoms with Gasteiger partial charge in [0, 0.05) is 25.0 Å². The first-order valence-corrected chi connectivity index (χ1v) is 8.05. The molecule has 0 saturated carbocycles. The number of sulfonamides is 1. The fourth-order valence-electron chi connectivity index (χ4n) is 1.92. The van der Waals surface area contributed by atoms with Gasteiger partial charge in [-0.05, 0) is 19.5 Å². The van der Waals surface area contributed by atoms with E-state index in [0.29, 0.717) is 6.54 Å². The van der Waals surface area contributed by atoms with Crippen LogP contribution in [0.2, 0.25) is 0 Å². The molecule has 2 rings (SSSR count). The summed E-state index contributed by atoms with van der Waals surface area (Å²) in [4.78, 5) is 4.00. The van der Waals surface area contributed by atoms with Gasteiger partial charge in [-0.25, -0.2) is 18.1 Å². The van der Waals surface area contributed by atoms with Crippen molar-refractivity contribution in [3.05, 3.63) is 30.4 Å². The highest BCUT2D eigenvalue weighted by molar-refractivity contribution is 7.92. The average molecular weight is 310 g/mol. The van der Waals surface area contributed by atoms with Gasteiger partial charge >= 0.3 is 0 Å². The molecular formula is C12H18N6O2S. The molecule has 2 N–H and O–H groups in total. The van der Waals surface area contributed by atoms with Gasteiger partial charge in [0.1, 0.15) is 4.90 Å². The second-order valence-electron chi connectivity index (χ2n) is 4.46. The molecule has 2 aromatic heterocycles. The lowest BCUT2D eigenvalue weighted by Crippen LogP contribution is -2.14. The number of aryl methyl sites for hydroxylation is 1. The van der Waals surface area contributed by atoms with Crippen LogP contribution in [0.3, 0.4) is 0 Å². The van der Waals surface area contributed by atoms with E-state index in [4.69, 9.17) is 0 Å². The summed E-state index contributed by atoms with van der Waals surface area (Å²) in [6, 6.07) is 1.64. The summed E-state index contributed by atoms with van der Waals surface area (Å²) in [5.41, 5.74) is 0.909. The van der Waals surface area contributed by atoms with Crippen molar-refractivity contribution < 1.29 is 8.42 Å². The van der Waals surface area contributed by atoms with Gasteiger partial charge in [0.05, 0.1) is 12.4 Å². The Balaban J connectivity index is 2.29. The minimum atomic E-state index is -3.72. The average Bonchev–Trinajstić information content (AvgIpc) is 2.85. The van der Waals surface area contributed by atoms with E-state index in [1.807, 2.05) is 18.5 Å². The van der Waals surface area contributed by atoms with E-state index in [9.17, 15) is 8.42 Å². The smallest absolute Gasteiger partial charge is 0.265 e. The summed E-state index contributed by atoms with van der Waals surface area (Å²) < 4.78 is 28.9. The molecule has 0 radical (unpaired) electrons. The van der Waals surface area contributed by atoms with Gasteiger partial charge in [-0.2, -0.15) is 5.10 Å². The quantitative estimate of drug-likeness (QED) is 0.776. The maximum Gasteiger partial charge on any atom is 0.265 e. The zero-order chi connectivity index (χ0) is 15.3. The van der Waals surface area contributed by atoms with Crippen LogP contribution in [0.15, 0.2) is 29.6 Å². The van der Waals surface area contributed by atoms with E-state index < -0.39 is 10.0 Å². The maximum atomic E-state index is 12.3. The highest BCUT2D eigenvalue weighted by Crippen LogP contribution is 2.17. The first kappa shape index (κ1) is 15.4. The van der Waals surface area contributed by atoms with E-state index in [0.717, 1.165) is 18.7 Å². The Morgan fingerprint density at radius 2 is 2.14 bits per heavy atom. The third-order valence-electron chi connectivity index (χ3n) is 2.80. The van der Waals surface area contributed by atoms with Gasteiger partial charge in [-0.1, -0.05) is 6.92 Å². The molecule has 0 fully saturated rings. The predicted octanol–water partition coefficient (Wildman–Crippen LogP) is 0.603. The first-order chi connectivity index (χ1) is 10.1. The van der Waals surface area contributed by atoms with Crippen LogP contribution in [-0.4, -0.2) is 35.2 Å². The molecule has 0 unspecified atom stereocenters. The van der Waals surface area contributed by atoms with Crippen molar-refractivity contribution in [3.8, 4) is 0 Å². The molecule has 0 atom stereocenters. The molecule has 0 aliphatic heterocycles. The van der Waals surface area contributed by atoms with Crippen LogP contribution in [0.1, 0.15) is 19.0 Å². The minimum Gasteiger partial charge on any atom is -0.349 e. The van der Waals surface area contributed by atoms with E-state index in [2.05, 4.69) is 25.2 Å². The molecule has 9 heteroatoms. The zero-order valence-electron chi connectivity index (χ0n) is 11.9. The molecular weight excluding hydrogens is 292 g/mol. The largest absolute Gasteiger partial charge is 0.349 e. The number of hydrogen-bond acceptors (Lipinski definition) is 6. The lowest BCUT2D eigenvalue weighted by Gasteiger charge is -2.06. The summed E-state index contributed by atoms with van der Waals surface area (Å²) in [5.74, 6) is -0.0455. The fourth-order valence-corrected chi connectivity index (χ4v) is 2.93. The standard InChI is InChI=1S/C12H18N6O2S/c1-3-6-18-9-11(7-10(18)8-13-2)21(19,20)17-12-14-4-5-15-16-12/h4-5,7,9,13H,3,6,8H2,1-2H3,(H,14,16,17). The Hall–Kier alpha value is -2.00. The lowest BCUT2D eigenvalue weighted by atomic mass is 10.4. The minimum absolute atomic E-state index is 0.0455. The molecule has 0 aliphatic rings. The fraction of sp³-hybridized carbons (Fsp3) is 0.417. The molecule has 0 bridgehead atoms. The molecule has 21 heavy (non-hydrogen) atoms. The van der Waals surface area contributed by atoms with Gasteiger partial charge in [0.2, 0.25) is 0 Å². The highest BCUT2D eigenvalue weighted by atomic mass is 32.2. The Kier molecular flexibility index (Phi) is 4.86. The molecule has 2 heterocycles. The molecule has 0 aliphatic carbocycles. The molecule has 0 aromatic carbocycles. The summed E-state index contributed by atoms with van der Waals surface area (Å²) in [6.07, 6.45) is 5.29. The van der Waals surface area contributed by atoms with Crippen molar-refractivity contribution in [2.45, 2.75) is 31.3 Å². The Morgan fingerprint density at radius 3 is 2.76 bits per heavy atom. The molecule has 0 spiro atoms. The van der Waals surface area contributed by atoms with Crippen LogP contribution in [0.5, 0.6) is 0 Å². The van der Waals surface area contributed by atoms with Crippen LogP contribution >= 0.6 is 0 Å². The van der Waals surface area contributed by atoms with Crippen molar-refractivity contribution in [1.29, 1.82) is 0 Å². The number of nitrogens with zero attached hydrogens (tertiary/aromatic N) is 4. The van der Waals surface area contributed by atoms with Gasteiger partial charge in [-0.15, -0.1) is 5.10 Å². The van der Waals surface area contributed by atoms with E-state index in [1.54, 1.807) is 12.3 Å². The molecule has 2 aromatic rings. The molecule has 0 amide bonds.